The second kappa shape index (κ2) is 9.67. The Morgan fingerprint density at radius 2 is 1.46 bits per heavy atom. The minimum absolute atomic E-state index is 0.419. The average molecular weight is 361 g/mol. The maximum absolute atomic E-state index is 13.5. The molecule has 2 fully saturated rings. The molecule has 0 aromatic heterocycles. The lowest BCUT2D eigenvalue weighted by Crippen LogP contribution is -2.17. The minimum atomic E-state index is -0.734. The van der Waals surface area contributed by atoms with Gasteiger partial charge in [0.25, 0.3) is 0 Å². The Hall–Kier alpha value is -1.18. The van der Waals surface area contributed by atoms with Crippen LogP contribution in [0.5, 0.6) is 0 Å². The van der Waals surface area contributed by atoms with Crippen molar-refractivity contribution in [2.75, 3.05) is 0 Å². The predicted molar refractivity (Wildman–Crippen MR) is 105 cm³/mol. The summed E-state index contributed by atoms with van der Waals surface area (Å²) in [7, 11) is 0. The second-order valence-corrected chi connectivity index (χ2v) is 8.59. The molecule has 0 saturated heterocycles. The quantitative estimate of drug-likeness (QED) is 0.454. The zero-order valence-electron chi connectivity index (χ0n) is 16.2. The van der Waals surface area contributed by atoms with E-state index in [1.165, 1.54) is 63.5 Å². The summed E-state index contributed by atoms with van der Waals surface area (Å²) in [4.78, 5) is 0. The molecule has 0 radical (unpaired) electrons. The molecule has 0 bridgehead atoms. The van der Waals surface area contributed by atoms with E-state index in [1.54, 1.807) is 6.07 Å². The lowest BCUT2D eigenvalue weighted by Gasteiger charge is -2.31. The van der Waals surface area contributed by atoms with Crippen molar-refractivity contribution in [1.29, 1.82) is 0 Å². The van der Waals surface area contributed by atoms with E-state index in [0.717, 1.165) is 42.6 Å². The maximum Gasteiger partial charge on any atom is 0.159 e. The van der Waals surface area contributed by atoms with E-state index < -0.39 is 11.6 Å². The van der Waals surface area contributed by atoms with E-state index in [4.69, 9.17) is 0 Å². The molecule has 2 aliphatic carbocycles. The predicted octanol–water partition coefficient (Wildman–Crippen LogP) is 7.79. The van der Waals surface area contributed by atoms with Gasteiger partial charge in [-0.15, -0.1) is 0 Å². The normalized spacial score (nSPS) is 30.0. The fourth-order valence-corrected chi connectivity index (χ4v) is 5.02. The summed E-state index contributed by atoms with van der Waals surface area (Å²) < 4.78 is 26.6. The summed E-state index contributed by atoms with van der Waals surface area (Å²) in [6.07, 6.45) is 19.0. The van der Waals surface area contributed by atoms with Gasteiger partial charge >= 0.3 is 0 Å². The second-order valence-electron chi connectivity index (χ2n) is 8.59. The van der Waals surface area contributed by atoms with Crippen LogP contribution in [0.3, 0.4) is 0 Å². The first-order valence-corrected chi connectivity index (χ1v) is 10.8. The van der Waals surface area contributed by atoms with Crippen LogP contribution in [0.25, 0.3) is 0 Å². The van der Waals surface area contributed by atoms with Crippen LogP contribution in [0, 0.1) is 29.4 Å². The van der Waals surface area contributed by atoms with Crippen LogP contribution < -0.4 is 0 Å². The van der Waals surface area contributed by atoms with Crippen LogP contribution in [0.1, 0.15) is 89.0 Å². The number of hydrogen-bond donors (Lipinski definition) is 0. The van der Waals surface area contributed by atoms with E-state index >= 15 is 0 Å². The molecule has 26 heavy (non-hydrogen) atoms. The van der Waals surface area contributed by atoms with Crippen LogP contribution >= 0.6 is 0 Å². The van der Waals surface area contributed by atoms with Crippen LogP contribution in [0.15, 0.2) is 30.4 Å². The number of benzene rings is 1. The molecule has 0 spiro atoms. The van der Waals surface area contributed by atoms with Crippen molar-refractivity contribution in [1.82, 2.24) is 0 Å². The molecule has 0 heterocycles. The summed E-state index contributed by atoms with van der Waals surface area (Å²) in [5, 5.41) is 0. The highest BCUT2D eigenvalue weighted by Gasteiger charge is 2.25. The Balaban J connectivity index is 1.37. The molecule has 0 unspecified atom stereocenters. The van der Waals surface area contributed by atoms with Gasteiger partial charge in [-0.2, -0.15) is 0 Å². The number of hydrogen-bond acceptors (Lipinski definition) is 0. The zero-order valence-corrected chi connectivity index (χ0v) is 16.2. The lowest BCUT2D eigenvalue weighted by molar-refractivity contribution is 0.246. The Labute approximate surface area is 158 Å². The lowest BCUT2D eigenvalue weighted by atomic mass is 9.74. The van der Waals surface area contributed by atoms with Gasteiger partial charge in [-0.05, 0) is 99.2 Å². The van der Waals surface area contributed by atoms with Crippen molar-refractivity contribution in [3.63, 3.8) is 0 Å². The highest BCUT2D eigenvalue weighted by Crippen LogP contribution is 2.40. The fourth-order valence-electron chi connectivity index (χ4n) is 5.02. The van der Waals surface area contributed by atoms with E-state index in [0.29, 0.717) is 5.92 Å². The highest BCUT2D eigenvalue weighted by atomic mass is 19.2. The van der Waals surface area contributed by atoms with E-state index in [1.807, 2.05) is 0 Å². The minimum Gasteiger partial charge on any atom is -0.204 e. The molecule has 2 aliphatic rings. The first kappa shape index (κ1) is 19.6. The zero-order chi connectivity index (χ0) is 18.4. The Morgan fingerprint density at radius 3 is 2.04 bits per heavy atom. The molecular formula is C24H34F2. The molecule has 0 amide bonds. The maximum atomic E-state index is 13.5. The highest BCUT2D eigenvalue weighted by molar-refractivity contribution is 5.22. The Kier molecular flexibility index (Phi) is 7.28. The van der Waals surface area contributed by atoms with Gasteiger partial charge in [0.2, 0.25) is 0 Å². The van der Waals surface area contributed by atoms with Gasteiger partial charge < -0.3 is 0 Å². The third kappa shape index (κ3) is 5.41. The van der Waals surface area contributed by atoms with Crippen LogP contribution in [0.2, 0.25) is 0 Å². The summed E-state index contributed by atoms with van der Waals surface area (Å²) in [6, 6.07) is 4.46. The van der Waals surface area contributed by atoms with Crippen LogP contribution in [-0.2, 0) is 0 Å². The number of allylic oxidation sites excluding steroid dienone is 2. The van der Waals surface area contributed by atoms with Gasteiger partial charge in [-0.3, -0.25) is 0 Å². The van der Waals surface area contributed by atoms with Crippen molar-refractivity contribution < 1.29 is 8.78 Å². The van der Waals surface area contributed by atoms with Crippen molar-refractivity contribution >= 4 is 0 Å². The van der Waals surface area contributed by atoms with Crippen molar-refractivity contribution in [2.24, 2.45) is 17.8 Å². The topological polar surface area (TPSA) is 0 Å². The van der Waals surface area contributed by atoms with Gasteiger partial charge in [0.05, 0.1) is 0 Å². The van der Waals surface area contributed by atoms with Crippen molar-refractivity contribution in [3.05, 3.63) is 47.5 Å². The van der Waals surface area contributed by atoms with Crippen molar-refractivity contribution in [3.8, 4) is 0 Å². The van der Waals surface area contributed by atoms with Gasteiger partial charge in [-0.25, -0.2) is 8.78 Å². The van der Waals surface area contributed by atoms with Gasteiger partial charge in [0.15, 0.2) is 11.6 Å². The first-order valence-electron chi connectivity index (χ1n) is 10.8. The van der Waals surface area contributed by atoms with E-state index in [2.05, 4.69) is 19.1 Å². The van der Waals surface area contributed by atoms with Gasteiger partial charge in [-0.1, -0.05) is 38.0 Å². The van der Waals surface area contributed by atoms with E-state index in [-0.39, 0.29) is 0 Å². The molecule has 144 valence electrons. The molecule has 3 rings (SSSR count). The number of rotatable bonds is 6. The molecular weight excluding hydrogens is 326 g/mol. The van der Waals surface area contributed by atoms with E-state index in [9.17, 15) is 8.78 Å². The molecule has 0 aliphatic heterocycles. The molecule has 0 N–H and O–H groups in total. The summed E-state index contributed by atoms with van der Waals surface area (Å²) in [5.41, 5.74) is 0.987. The fraction of sp³-hybridized carbons (Fsp3) is 0.667. The molecule has 2 heteroatoms. The largest absolute Gasteiger partial charge is 0.204 e. The standard InChI is InChI=1S/C24H34F2/c1-2-3-4-18-5-7-19(8-6-18)9-10-20-11-13-21(14-12-20)22-15-16-23(25)24(26)17-22/h3-4,15-21H,2,5-14H2,1H3/b4-3+. The third-order valence-corrected chi connectivity index (χ3v) is 6.78. The first-order chi connectivity index (χ1) is 12.7. The molecule has 2 saturated carbocycles. The summed E-state index contributed by atoms with van der Waals surface area (Å²) in [5.74, 6) is 1.59. The van der Waals surface area contributed by atoms with Crippen LogP contribution in [-0.4, -0.2) is 0 Å². The summed E-state index contributed by atoms with van der Waals surface area (Å²) in [6.45, 7) is 2.21. The average Bonchev–Trinajstić information content (AvgIpc) is 2.68. The third-order valence-electron chi connectivity index (χ3n) is 6.78. The Bertz CT molecular complexity index is 576. The smallest absolute Gasteiger partial charge is 0.159 e. The molecule has 1 aromatic rings. The van der Waals surface area contributed by atoms with Gasteiger partial charge in [0.1, 0.15) is 0 Å². The molecule has 0 nitrogen and oxygen atoms in total. The monoisotopic (exact) mass is 360 g/mol. The summed E-state index contributed by atoms with van der Waals surface area (Å²) >= 11 is 0. The molecule has 0 atom stereocenters. The number of halogens is 2. The SMILES string of the molecule is CC/C=C/C1CCC(CCC2CCC(c3ccc(F)c(F)c3)CC2)CC1. The Morgan fingerprint density at radius 1 is 0.846 bits per heavy atom. The van der Waals surface area contributed by atoms with Crippen LogP contribution in [0.4, 0.5) is 8.78 Å². The van der Waals surface area contributed by atoms with Gasteiger partial charge in [0, 0.05) is 0 Å². The molecule has 1 aromatic carbocycles. The van der Waals surface area contributed by atoms with Crippen molar-refractivity contribution in [2.45, 2.75) is 83.5 Å².